The van der Waals surface area contributed by atoms with E-state index in [1.807, 2.05) is 31.3 Å². The first-order valence-electron chi connectivity index (χ1n) is 5.81. The van der Waals surface area contributed by atoms with Gasteiger partial charge >= 0.3 is 0 Å². The lowest BCUT2D eigenvalue weighted by Gasteiger charge is -2.25. The Morgan fingerprint density at radius 1 is 1.53 bits per heavy atom. The molecule has 0 radical (unpaired) electrons. The molecule has 0 aromatic carbocycles. The molecule has 0 unspecified atom stereocenters. The number of hydrogen-bond acceptors (Lipinski definition) is 3. The summed E-state index contributed by atoms with van der Waals surface area (Å²) in [5.74, 6) is 0. The van der Waals surface area contributed by atoms with Crippen LogP contribution in [0.4, 0.5) is 0 Å². The zero-order chi connectivity index (χ0) is 12.3. The number of pyridine rings is 1. The predicted octanol–water partition coefficient (Wildman–Crippen LogP) is 3.14. The van der Waals surface area contributed by atoms with Gasteiger partial charge in [0.2, 0.25) is 0 Å². The highest BCUT2D eigenvalue weighted by molar-refractivity contribution is 9.12. The molecule has 1 aromatic rings. The summed E-state index contributed by atoms with van der Waals surface area (Å²) in [6, 6.07) is 6.29. The van der Waals surface area contributed by atoms with Gasteiger partial charge in [0, 0.05) is 17.9 Å². The normalized spacial score (nSPS) is 16.5. The minimum Gasteiger partial charge on any atom is -0.387 e. The zero-order valence-electron chi connectivity index (χ0n) is 9.83. The third-order valence-electron chi connectivity index (χ3n) is 2.93. The molecule has 0 amide bonds. The van der Waals surface area contributed by atoms with Crippen molar-refractivity contribution >= 4 is 21.6 Å². The van der Waals surface area contributed by atoms with Crippen LogP contribution in [-0.2, 0) is 0 Å². The smallest absolute Gasteiger partial charge is 0.0953 e. The van der Waals surface area contributed by atoms with E-state index >= 15 is 0 Å². The van der Waals surface area contributed by atoms with Crippen LogP contribution in [0.1, 0.15) is 30.7 Å². The summed E-state index contributed by atoms with van der Waals surface area (Å²) < 4.78 is 0.752. The van der Waals surface area contributed by atoms with Gasteiger partial charge in [-0.15, -0.1) is 0 Å². The Kier molecular flexibility index (Phi) is 3.94. The van der Waals surface area contributed by atoms with Crippen LogP contribution in [0.3, 0.4) is 0 Å². The number of hydrogen-bond donors (Lipinski definition) is 2. The highest BCUT2D eigenvalue weighted by Gasteiger charge is 2.15. The fourth-order valence-electron chi connectivity index (χ4n) is 1.64. The van der Waals surface area contributed by atoms with Crippen LogP contribution in [-0.4, -0.2) is 16.7 Å². The van der Waals surface area contributed by atoms with E-state index in [1.54, 1.807) is 0 Å². The molecule has 90 valence electrons. The van der Waals surface area contributed by atoms with Gasteiger partial charge in [0.25, 0.3) is 0 Å². The van der Waals surface area contributed by atoms with Crippen molar-refractivity contribution in [3.8, 4) is 0 Å². The van der Waals surface area contributed by atoms with Crippen LogP contribution < -0.4 is 5.32 Å². The first-order chi connectivity index (χ1) is 8.16. The Labute approximate surface area is 110 Å². The van der Waals surface area contributed by atoms with Crippen LogP contribution in [0.15, 0.2) is 28.9 Å². The largest absolute Gasteiger partial charge is 0.387 e. The maximum Gasteiger partial charge on any atom is 0.0953 e. The molecule has 0 saturated heterocycles. The standard InChI is InChI=1S/C13H16BrN3/c1-9-4-2-7-12(17-9)13(15)11(14)8-16-10-5-3-6-10/h2,4,7-8,10,15-16H,3,5-6H2,1H3/b11-8+,15-13?. The van der Waals surface area contributed by atoms with Gasteiger partial charge in [-0.25, -0.2) is 0 Å². The summed E-state index contributed by atoms with van der Waals surface area (Å²) in [5.41, 5.74) is 2.04. The molecular formula is C13H16BrN3. The topological polar surface area (TPSA) is 48.8 Å². The Morgan fingerprint density at radius 3 is 2.88 bits per heavy atom. The summed E-state index contributed by atoms with van der Waals surface area (Å²) in [6.45, 7) is 1.93. The molecule has 1 aliphatic carbocycles. The molecule has 1 aromatic heterocycles. The number of rotatable bonds is 4. The van der Waals surface area contributed by atoms with E-state index in [1.165, 1.54) is 19.3 Å². The van der Waals surface area contributed by atoms with E-state index < -0.39 is 0 Å². The Morgan fingerprint density at radius 2 is 2.29 bits per heavy atom. The Bertz CT molecular complexity index is 450. The zero-order valence-corrected chi connectivity index (χ0v) is 11.4. The molecule has 0 bridgehead atoms. The van der Waals surface area contributed by atoms with Gasteiger partial charge in [-0.1, -0.05) is 6.07 Å². The molecule has 1 fully saturated rings. The number of nitrogens with zero attached hydrogens (tertiary/aromatic N) is 1. The van der Waals surface area contributed by atoms with Crippen LogP contribution in [0.25, 0.3) is 0 Å². The van der Waals surface area contributed by atoms with Crippen molar-refractivity contribution < 1.29 is 0 Å². The first-order valence-corrected chi connectivity index (χ1v) is 6.61. The number of halogens is 1. The van der Waals surface area contributed by atoms with Gasteiger partial charge in [0.1, 0.15) is 0 Å². The van der Waals surface area contributed by atoms with E-state index in [9.17, 15) is 0 Å². The van der Waals surface area contributed by atoms with Crippen molar-refractivity contribution in [3.05, 3.63) is 40.3 Å². The van der Waals surface area contributed by atoms with Crippen LogP contribution in [0, 0.1) is 12.3 Å². The van der Waals surface area contributed by atoms with Gasteiger partial charge in [-0.3, -0.25) is 10.4 Å². The Balaban J connectivity index is 2.03. The van der Waals surface area contributed by atoms with E-state index in [0.717, 1.165) is 10.2 Å². The van der Waals surface area contributed by atoms with Gasteiger partial charge in [0.15, 0.2) is 0 Å². The number of aryl methyl sites for hydroxylation is 1. The average Bonchev–Trinajstić information content (AvgIpc) is 2.25. The molecule has 1 saturated carbocycles. The third kappa shape index (κ3) is 3.16. The second-order valence-corrected chi connectivity index (χ2v) is 5.18. The molecule has 2 rings (SSSR count). The number of aromatic nitrogens is 1. The second kappa shape index (κ2) is 5.45. The van der Waals surface area contributed by atoms with Gasteiger partial charge in [-0.2, -0.15) is 0 Å². The molecule has 17 heavy (non-hydrogen) atoms. The SMILES string of the molecule is Cc1cccc(C(=N)/C(Br)=C\NC2CCC2)n1. The van der Waals surface area contributed by atoms with Gasteiger partial charge in [0.05, 0.1) is 15.9 Å². The summed E-state index contributed by atoms with van der Waals surface area (Å²) in [4.78, 5) is 4.33. The average molecular weight is 294 g/mol. The third-order valence-corrected chi connectivity index (χ3v) is 3.56. The van der Waals surface area contributed by atoms with Crippen molar-refractivity contribution in [2.45, 2.75) is 32.2 Å². The lowest BCUT2D eigenvalue weighted by molar-refractivity contribution is 0.373. The summed E-state index contributed by atoms with van der Waals surface area (Å²) in [6.07, 6.45) is 5.63. The van der Waals surface area contributed by atoms with Crippen molar-refractivity contribution in [3.63, 3.8) is 0 Å². The van der Waals surface area contributed by atoms with E-state index in [0.29, 0.717) is 17.4 Å². The van der Waals surface area contributed by atoms with E-state index in [-0.39, 0.29) is 0 Å². The van der Waals surface area contributed by atoms with E-state index in [4.69, 9.17) is 5.41 Å². The molecule has 2 N–H and O–H groups in total. The lowest BCUT2D eigenvalue weighted by atomic mass is 9.93. The Hall–Kier alpha value is -1.16. The monoisotopic (exact) mass is 293 g/mol. The summed E-state index contributed by atoms with van der Waals surface area (Å²) >= 11 is 3.42. The van der Waals surface area contributed by atoms with Crippen LogP contribution in [0.2, 0.25) is 0 Å². The lowest BCUT2D eigenvalue weighted by Crippen LogP contribution is -2.31. The van der Waals surface area contributed by atoms with Crippen molar-refractivity contribution in [1.29, 1.82) is 5.41 Å². The molecule has 0 atom stereocenters. The molecule has 3 nitrogen and oxygen atoms in total. The van der Waals surface area contributed by atoms with Crippen LogP contribution >= 0.6 is 15.9 Å². The first kappa shape index (κ1) is 12.3. The van der Waals surface area contributed by atoms with Crippen molar-refractivity contribution in [1.82, 2.24) is 10.3 Å². The molecule has 0 aliphatic heterocycles. The molecule has 1 aliphatic rings. The minimum atomic E-state index is 0.417. The maximum atomic E-state index is 8.03. The summed E-state index contributed by atoms with van der Waals surface area (Å²) in [7, 11) is 0. The fraction of sp³-hybridized carbons (Fsp3) is 0.385. The van der Waals surface area contributed by atoms with E-state index in [2.05, 4.69) is 26.2 Å². The minimum absolute atomic E-state index is 0.417. The van der Waals surface area contributed by atoms with Gasteiger partial charge in [-0.05, 0) is 54.2 Å². The quantitative estimate of drug-likeness (QED) is 0.838. The van der Waals surface area contributed by atoms with Crippen molar-refractivity contribution in [2.24, 2.45) is 0 Å². The van der Waals surface area contributed by atoms with Crippen molar-refractivity contribution in [2.75, 3.05) is 0 Å². The van der Waals surface area contributed by atoms with Crippen LogP contribution in [0.5, 0.6) is 0 Å². The molecule has 1 heterocycles. The molecule has 0 spiro atoms. The molecule has 4 heteroatoms. The number of nitrogens with one attached hydrogen (secondary N) is 2. The number of allylic oxidation sites excluding steroid dienone is 1. The molecular weight excluding hydrogens is 278 g/mol. The maximum absolute atomic E-state index is 8.03. The summed E-state index contributed by atoms with van der Waals surface area (Å²) in [5, 5.41) is 11.3. The fourth-order valence-corrected chi connectivity index (χ4v) is 1.98. The predicted molar refractivity (Wildman–Crippen MR) is 73.6 cm³/mol. The second-order valence-electron chi connectivity index (χ2n) is 4.33. The highest BCUT2D eigenvalue weighted by atomic mass is 79.9. The van der Waals surface area contributed by atoms with Gasteiger partial charge < -0.3 is 5.32 Å². The highest BCUT2D eigenvalue weighted by Crippen LogP contribution is 2.19.